The first-order chi connectivity index (χ1) is 9.72. The molecule has 1 saturated heterocycles. The fourth-order valence-corrected chi connectivity index (χ4v) is 2.92. The highest BCUT2D eigenvalue weighted by Gasteiger charge is 2.30. The van der Waals surface area contributed by atoms with Crippen LogP contribution in [0.4, 0.5) is 5.69 Å². The largest absolute Gasteiger partial charge is 0.383 e. The number of hydrogen-bond donors (Lipinski definition) is 1. The van der Waals surface area contributed by atoms with Gasteiger partial charge in [-0.1, -0.05) is 0 Å². The van der Waals surface area contributed by atoms with E-state index in [0.717, 1.165) is 35.3 Å². The fourth-order valence-electron chi connectivity index (χ4n) is 2.56. The number of halogens is 1. The summed E-state index contributed by atoms with van der Waals surface area (Å²) in [7, 11) is 1.93. The van der Waals surface area contributed by atoms with E-state index >= 15 is 0 Å². The standard InChI is InChI=1S/C14H17BrN4O/c1-19-9-11(6-18-19)14-10(2-3-20-14)5-17-13-4-12(15)7-16-8-13/h4,6-10,14,17H,2-3,5H2,1H3/t10-,14+/m0/s1. The number of rotatable bonds is 4. The summed E-state index contributed by atoms with van der Waals surface area (Å²) >= 11 is 3.43. The summed E-state index contributed by atoms with van der Waals surface area (Å²) < 4.78 is 8.66. The van der Waals surface area contributed by atoms with Gasteiger partial charge in [-0.05, 0) is 28.4 Å². The highest BCUT2D eigenvalue weighted by molar-refractivity contribution is 9.10. The van der Waals surface area contributed by atoms with Crippen LogP contribution in [0.25, 0.3) is 0 Å². The predicted molar refractivity (Wildman–Crippen MR) is 80.4 cm³/mol. The maximum absolute atomic E-state index is 5.86. The highest BCUT2D eigenvalue weighted by atomic mass is 79.9. The van der Waals surface area contributed by atoms with Crippen molar-refractivity contribution in [3.05, 3.63) is 40.9 Å². The van der Waals surface area contributed by atoms with Crippen LogP contribution in [0.3, 0.4) is 0 Å². The number of nitrogens with zero attached hydrogens (tertiary/aromatic N) is 3. The Kier molecular flexibility index (Phi) is 4.03. The Hall–Kier alpha value is -1.40. The van der Waals surface area contributed by atoms with Crippen LogP contribution in [-0.4, -0.2) is 27.9 Å². The predicted octanol–water partition coefficient (Wildman–Crippen LogP) is 2.77. The molecule has 106 valence electrons. The average molecular weight is 337 g/mol. The van der Waals surface area contributed by atoms with Crippen molar-refractivity contribution in [2.24, 2.45) is 13.0 Å². The second-order valence-corrected chi connectivity index (χ2v) is 5.98. The molecule has 0 aliphatic carbocycles. The van der Waals surface area contributed by atoms with Gasteiger partial charge in [-0.15, -0.1) is 0 Å². The van der Waals surface area contributed by atoms with Crippen LogP contribution >= 0.6 is 15.9 Å². The molecule has 5 nitrogen and oxygen atoms in total. The molecule has 2 atom stereocenters. The van der Waals surface area contributed by atoms with Gasteiger partial charge in [0.15, 0.2) is 0 Å². The van der Waals surface area contributed by atoms with Gasteiger partial charge in [-0.25, -0.2) is 0 Å². The maximum Gasteiger partial charge on any atom is 0.0901 e. The lowest BCUT2D eigenvalue weighted by Crippen LogP contribution is -2.17. The molecule has 3 rings (SSSR count). The molecule has 1 fully saturated rings. The molecule has 0 unspecified atom stereocenters. The third-order valence-corrected chi connectivity index (χ3v) is 3.97. The second kappa shape index (κ2) is 5.93. The van der Waals surface area contributed by atoms with E-state index in [1.54, 1.807) is 6.20 Å². The molecule has 2 aromatic heterocycles. The molecule has 0 spiro atoms. The van der Waals surface area contributed by atoms with Crippen molar-refractivity contribution < 1.29 is 4.74 Å². The zero-order chi connectivity index (χ0) is 13.9. The molecule has 2 aromatic rings. The van der Waals surface area contributed by atoms with Crippen molar-refractivity contribution in [2.45, 2.75) is 12.5 Å². The third kappa shape index (κ3) is 3.02. The van der Waals surface area contributed by atoms with Gasteiger partial charge >= 0.3 is 0 Å². The first-order valence-electron chi connectivity index (χ1n) is 6.67. The zero-order valence-electron chi connectivity index (χ0n) is 11.3. The van der Waals surface area contributed by atoms with E-state index in [0.29, 0.717) is 5.92 Å². The first-order valence-corrected chi connectivity index (χ1v) is 7.46. The number of aryl methyl sites for hydroxylation is 1. The normalized spacial score (nSPS) is 22.1. The Morgan fingerprint density at radius 2 is 2.35 bits per heavy atom. The number of anilines is 1. The molecule has 1 aliphatic rings. The van der Waals surface area contributed by atoms with Crippen molar-refractivity contribution in [2.75, 3.05) is 18.5 Å². The molecule has 1 N–H and O–H groups in total. The van der Waals surface area contributed by atoms with E-state index in [4.69, 9.17) is 4.74 Å². The lowest BCUT2D eigenvalue weighted by molar-refractivity contribution is 0.0932. The molecule has 0 radical (unpaired) electrons. The van der Waals surface area contributed by atoms with Gasteiger partial charge in [0, 0.05) is 48.5 Å². The number of hydrogen-bond acceptors (Lipinski definition) is 4. The molecule has 20 heavy (non-hydrogen) atoms. The quantitative estimate of drug-likeness (QED) is 0.932. The van der Waals surface area contributed by atoms with E-state index in [2.05, 4.69) is 31.3 Å². The molecule has 0 saturated carbocycles. The van der Waals surface area contributed by atoms with Crippen LogP contribution in [0.2, 0.25) is 0 Å². The van der Waals surface area contributed by atoms with Gasteiger partial charge < -0.3 is 10.1 Å². The number of pyridine rings is 1. The van der Waals surface area contributed by atoms with Crippen molar-refractivity contribution in [1.82, 2.24) is 14.8 Å². The first kappa shape index (κ1) is 13.6. The number of aromatic nitrogens is 3. The van der Waals surface area contributed by atoms with Crippen LogP contribution in [0.15, 0.2) is 35.3 Å². The lowest BCUT2D eigenvalue weighted by Gasteiger charge is -2.18. The Labute approximate surface area is 126 Å². The third-order valence-electron chi connectivity index (χ3n) is 3.54. The minimum atomic E-state index is 0.135. The summed E-state index contributed by atoms with van der Waals surface area (Å²) in [6.07, 6.45) is 8.74. The summed E-state index contributed by atoms with van der Waals surface area (Å²) in [5.41, 5.74) is 2.18. The van der Waals surface area contributed by atoms with Gasteiger partial charge in [0.05, 0.1) is 24.2 Å². The molecule has 3 heterocycles. The minimum Gasteiger partial charge on any atom is -0.383 e. The summed E-state index contributed by atoms with van der Waals surface area (Å²) in [6, 6.07) is 2.03. The molecule has 0 bridgehead atoms. The van der Waals surface area contributed by atoms with Gasteiger partial charge in [0.25, 0.3) is 0 Å². The van der Waals surface area contributed by atoms with Gasteiger partial charge in [0.2, 0.25) is 0 Å². The Morgan fingerprint density at radius 3 is 3.10 bits per heavy atom. The smallest absolute Gasteiger partial charge is 0.0901 e. The zero-order valence-corrected chi connectivity index (χ0v) is 12.9. The van der Waals surface area contributed by atoms with Gasteiger partial charge in [-0.3, -0.25) is 9.67 Å². The summed E-state index contributed by atoms with van der Waals surface area (Å²) in [5.74, 6) is 0.457. The van der Waals surface area contributed by atoms with Gasteiger partial charge in [-0.2, -0.15) is 5.10 Å². The molecule has 1 aliphatic heterocycles. The van der Waals surface area contributed by atoms with Crippen LogP contribution in [-0.2, 0) is 11.8 Å². The van der Waals surface area contributed by atoms with E-state index < -0.39 is 0 Å². The molecular formula is C14H17BrN4O. The van der Waals surface area contributed by atoms with Crippen molar-refractivity contribution in [3.63, 3.8) is 0 Å². The van der Waals surface area contributed by atoms with Crippen molar-refractivity contribution >= 4 is 21.6 Å². The van der Waals surface area contributed by atoms with E-state index in [1.807, 2.05) is 36.4 Å². The number of ether oxygens (including phenoxy) is 1. The molecule has 0 aromatic carbocycles. The fraction of sp³-hybridized carbons (Fsp3) is 0.429. The van der Waals surface area contributed by atoms with E-state index in [1.165, 1.54) is 0 Å². The highest BCUT2D eigenvalue weighted by Crippen LogP contribution is 2.34. The van der Waals surface area contributed by atoms with E-state index in [9.17, 15) is 0 Å². The van der Waals surface area contributed by atoms with Crippen LogP contribution in [0.1, 0.15) is 18.1 Å². The lowest BCUT2D eigenvalue weighted by atomic mass is 9.97. The topological polar surface area (TPSA) is 52.0 Å². The van der Waals surface area contributed by atoms with Crippen molar-refractivity contribution in [3.8, 4) is 0 Å². The Balaban J connectivity index is 1.64. The van der Waals surface area contributed by atoms with E-state index in [-0.39, 0.29) is 6.10 Å². The van der Waals surface area contributed by atoms with Crippen LogP contribution in [0.5, 0.6) is 0 Å². The Morgan fingerprint density at radius 1 is 1.45 bits per heavy atom. The SMILES string of the molecule is Cn1cc([C@@H]2OCC[C@H]2CNc2cncc(Br)c2)cn1. The average Bonchev–Trinajstić information content (AvgIpc) is 3.04. The minimum absolute atomic E-state index is 0.135. The summed E-state index contributed by atoms with van der Waals surface area (Å²) in [6.45, 7) is 1.68. The maximum atomic E-state index is 5.86. The van der Waals surface area contributed by atoms with Gasteiger partial charge in [0.1, 0.15) is 0 Å². The molecule has 0 amide bonds. The van der Waals surface area contributed by atoms with Crippen molar-refractivity contribution in [1.29, 1.82) is 0 Å². The van der Waals surface area contributed by atoms with Crippen LogP contribution < -0.4 is 5.32 Å². The summed E-state index contributed by atoms with van der Waals surface area (Å²) in [4.78, 5) is 4.16. The monoisotopic (exact) mass is 336 g/mol. The molecule has 6 heteroatoms. The second-order valence-electron chi connectivity index (χ2n) is 5.06. The number of nitrogens with one attached hydrogen (secondary N) is 1. The Bertz CT molecular complexity index is 586. The molecular weight excluding hydrogens is 320 g/mol. The summed E-state index contributed by atoms with van der Waals surface area (Å²) in [5, 5.41) is 7.66. The van der Waals surface area contributed by atoms with Crippen LogP contribution in [0, 0.1) is 5.92 Å².